The van der Waals surface area contributed by atoms with E-state index in [1.165, 1.54) is 25.7 Å². The summed E-state index contributed by atoms with van der Waals surface area (Å²) in [5.41, 5.74) is 0.442. The molecule has 2 aliphatic rings. The average Bonchev–Trinajstić information content (AvgIpc) is 2.49. The lowest BCUT2D eigenvalue weighted by atomic mass is 9.73. The molecule has 0 radical (unpaired) electrons. The predicted octanol–water partition coefficient (Wildman–Crippen LogP) is 4.39. The molecule has 3 heteroatoms. The molecule has 3 rings (SSSR count). The van der Waals surface area contributed by atoms with Gasteiger partial charge in [0.2, 0.25) is 0 Å². The molecule has 1 spiro atoms. The van der Waals surface area contributed by atoms with Gasteiger partial charge in [0.05, 0.1) is 19.1 Å². The predicted molar refractivity (Wildman–Crippen MR) is 82.2 cm³/mol. The highest BCUT2D eigenvalue weighted by Crippen LogP contribution is 2.44. The van der Waals surface area contributed by atoms with E-state index in [4.69, 9.17) is 9.47 Å². The first-order chi connectivity index (χ1) is 10.2. The number of rotatable bonds is 3. The molecule has 0 amide bonds. The van der Waals surface area contributed by atoms with Crippen LogP contribution >= 0.6 is 0 Å². The molecule has 1 fully saturated rings. The molecule has 0 atom stereocenters. The molecule has 1 aromatic carbocycles. The van der Waals surface area contributed by atoms with Crippen molar-refractivity contribution in [3.8, 4) is 11.5 Å². The Hall–Kier alpha value is -1.51. The van der Waals surface area contributed by atoms with Gasteiger partial charge >= 0.3 is 0 Å². The lowest BCUT2D eigenvalue weighted by Crippen LogP contribution is -2.44. The lowest BCUT2D eigenvalue weighted by Gasteiger charge is -2.42. The summed E-state index contributed by atoms with van der Waals surface area (Å²) < 4.78 is 11.5. The van der Waals surface area contributed by atoms with E-state index in [0.717, 1.165) is 24.5 Å². The van der Waals surface area contributed by atoms with Gasteiger partial charge in [0.15, 0.2) is 5.78 Å². The number of hydrogen-bond acceptors (Lipinski definition) is 3. The topological polar surface area (TPSA) is 35.5 Å². The maximum atomic E-state index is 12.4. The number of ether oxygens (including phenoxy) is 2. The fraction of sp³-hybridized carbons (Fsp3) is 0.611. The minimum Gasteiger partial charge on any atom is -0.497 e. The molecule has 114 valence electrons. The Labute approximate surface area is 126 Å². The molecule has 0 saturated heterocycles. The van der Waals surface area contributed by atoms with Crippen molar-refractivity contribution < 1.29 is 14.3 Å². The van der Waals surface area contributed by atoms with Gasteiger partial charge < -0.3 is 9.47 Å². The summed E-state index contributed by atoms with van der Waals surface area (Å²) in [6.45, 7) is 2.24. The Morgan fingerprint density at radius 1 is 1.33 bits per heavy atom. The summed E-state index contributed by atoms with van der Waals surface area (Å²) in [5, 5.41) is 0. The second-order valence-electron chi connectivity index (χ2n) is 6.48. The van der Waals surface area contributed by atoms with E-state index >= 15 is 0 Å². The average molecular weight is 288 g/mol. The van der Waals surface area contributed by atoms with Crippen LogP contribution in [0.25, 0.3) is 0 Å². The molecular formula is C18H24O3. The van der Waals surface area contributed by atoms with Crippen LogP contribution in [0.5, 0.6) is 11.5 Å². The summed E-state index contributed by atoms with van der Waals surface area (Å²) in [5.74, 6) is 2.48. The zero-order chi connectivity index (χ0) is 14.9. The first-order valence-electron chi connectivity index (χ1n) is 8.06. The SMILES string of the molecule is CCCC1CCC2(CC1)CC(=O)c1ccc(OC)cc1O2. The number of carbonyl (C=O) groups is 1. The van der Waals surface area contributed by atoms with E-state index in [1.807, 2.05) is 18.2 Å². The molecule has 3 nitrogen and oxygen atoms in total. The minimum atomic E-state index is -0.263. The zero-order valence-corrected chi connectivity index (χ0v) is 13.0. The summed E-state index contributed by atoms with van der Waals surface area (Å²) >= 11 is 0. The summed E-state index contributed by atoms with van der Waals surface area (Å²) in [6.07, 6.45) is 7.44. The lowest BCUT2D eigenvalue weighted by molar-refractivity contribution is 0.00101. The van der Waals surface area contributed by atoms with Gasteiger partial charge in [0, 0.05) is 6.07 Å². The van der Waals surface area contributed by atoms with E-state index in [2.05, 4.69) is 6.92 Å². The monoisotopic (exact) mass is 288 g/mol. The first kappa shape index (κ1) is 14.4. The van der Waals surface area contributed by atoms with Gasteiger partial charge in [-0.05, 0) is 43.7 Å². The van der Waals surface area contributed by atoms with Crippen LogP contribution in [0.2, 0.25) is 0 Å². The van der Waals surface area contributed by atoms with E-state index in [-0.39, 0.29) is 11.4 Å². The van der Waals surface area contributed by atoms with E-state index in [9.17, 15) is 4.79 Å². The second kappa shape index (κ2) is 5.70. The molecule has 1 aromatic rings. The normalized spacial score (nSPS) is 28.1. The third-order valence-electron chi connectivity index (χ3n) is 5.01. The van der Waals surface area contributed by atoms with Crippen LogP contribution in [0.15, 0.2) is 18.2 Å². The van der Waals surface area contributed by atoms with Gasteiger partial charge in [0.1, 0.15) is 17.1 Å². The number of fused-ring (bicyclic) bond motifs is 1. The Kier molecular flexibility index (Phi) is 3.92. The third-order valence-corrected chi connectivity index (χ3v) is 5.01. The molecule has 1 aliphatic heterocycles. The smallest absolute Gasteiger partial charge is 0.170 e. The van der Waals surface area contributed by atoms with Crippen LogP contribution in [0, 0.1) is 5.92 Å². The summed E-state index contributed by atoms with van der Waals surface area (Å²) in [4.78, 5) is 12.4. The molecule has 21 heavy (non-hydrogen) atoms. The highest BCUT2D eigenvalue weighted by Gasteiger charge is 2.43. The number of ketones is 1. The van der Waals surface area contributed by atoms with Gasteiger partial charge in [-0.15, -0.1) is 0 Å². The van der Waals surface area contributed by atoms with Crippen molar-refractivity contribution in [2.45, 2.75) is 57.5 Å². The Balaban J connectivity index is 1.80. The fourth-order valence-corrected chi connectivity index (χ4v) is 3.78. The third kappa shape index (κ3) is 2.78. The van der Waals surface area contributed by atoms with Crippen molar-refractivity contribution in [1.82, 2.24) is 0 Å². The van der Waals surface area contributed by atoms with Gasteiger partial charge in [-0.3, -0.25) is 4.79 Å². The van der Waals surface area contributed by atoms with Crippen molar-refractivity contribution in [3.63, 3.8) is 0 Å². The van der Waals surface area contributed by atoms with Crippen LogP contribution in [-0.4, -0.2) is 18.5 Å². The molecule has 0 N–H and O–H groups in total. The largest absolute Gasteiger partial charge is 0.497 e. The van der Waals surface area contributed by atoms with Crippen molar-refractivity contribution >= 4 is 5.78 Å². The molecule has 1 saturated carbocycles. The van der Waals surface area contributed by atoms with Crippen LogP contribution in [-0.2, 0) is 0 Å². The highest BCUT2D eigenvalue weighted by molar-refractivity contribution is 6.00. The molecule has 0 unspecified atom stereocenters. The minimum absolute atomic E-state index is 0.216. The number of hydrogen-bond donors (Lipinski definition) is 0. The molecule has 1 aliphatic carbocycles. The number of Topliss-reactive ketones (excluding diaryl/α,β-unsaturated/α-hetero) is 1. The molecule has 1 heterocycles. The second-order valence-corrected chi connectivity index (χ2v) is 6.48. The van der Waals surface area contributed by atoms with E-state index in [1.54, 1.807) is 7.11 Å². The van der Waals surface area contributed by atoms with Crippen LogP contribution in [0.1, 0.15) is 62.2 Å². The van der Waals surface area contributed by atoms with Crippen LogP contribution in [0.4, 0.5) is 0 Å². The molecule has 0 aromatic heterocycles. The summed E-state index contributed by atoms with van der Waals surface area (Å²) in [6, 6.07) is 5.51. The molecule has 0 bridgehead atoms. The van der Waals surface area contributed by atoms with Crippen molar-refractivity contribution in [1.29, 1.82) is 0 Å². The standard InChI is InChI=1S/C18H24O3/c1-3-4-13-7-9-18(10-8-13)12-16(19)15-6-5-14(20-2)11-17(15)21-18/h5-6,11,13H,3-4,7-10,12H2,1-2H3. The molecular weight excluding hydrogens is 264 g/mol. The fourth-order valence-electron chi connectivity index (χ4n) is 3.78. The zero-order valence-electron chi connectivity index (χ0n) is 13.0. The van der Waals surface area contributed by atoms with Gasteiger partial charge in [-0.1, -0.05) is 19.8 Å². The summed E-state index contributed by atoms with van der Waals surface area (Å²) in [7, 11) is 1.64. The van der Waals surface area contributed by atoms with Crippen molar-refractivity contribution in [2.24, 2.45) is 5.92 Å². The Morgan fingerprint density at radius 2 is 2.10 bits per heavy atom. The van der Waals surface area contributed by atoms with E-state index in [0.29, 0.717) is 17.7 Å². The number of benzene rings is 1. The van der Waals surface area contributed by atoms with Crippen molar-refractivity contribution in [3.05, 3.63) is 23.8 Å². The maximum Gasteiger partial charge on any atom is 0.170 e. The quantitative estimate of drug-likeness (QED) is 0.827. The van der Waals surface area contributed by atoms with Gasteiger partial charge in [-0.2, -0.15) is 0 Å². The van der Waals surface area contributed by atoms with E-state index < -0.39 is 0 Å². The van der Waals surface area contributed by atoms with Gasteiger partial charge in [0.25, 0.3) is 0 Å². The highest BCUT2D eigenvalue weighted by atomic mass is 16.5. The number of carbonyl (C=O) groups excluding carboxylic acids is 1. The number of methoxy groups -OCH3 is 1. The van der Waals surface area contributed by atoms with Crippen LogP contribution in [0.3, 0.4) is 0 Å². The Bertz CT molecular complexity index is 527. The Morgan fingerprint density at radius 3 is 2.76 bits per heavy atom. The van der Waals surface area contributed by atoms with Crippen LogP contribution < -0.4 is 9.47 Å². The first-order valence-corrected chi connectivity index (χ1v) is 8.06. The van der Waals surface area contributed by atoms with Gasteiger partial charge in [-0.25, -0.2) is 0 Å². The van der Waals surface area contributed by atoms with Crippen molar-refractivity contribution in [2.75, 3.05) is 7.11 Å². The maximum absolute atomic E-state index is 12.4.